The normalized spacial score (nSPS) is 12.2. The van der Waals surface area contributed by atoms with E-state index in [9.17, 15) is 9.59 Å². The number of aromatic nitrogens is 2. The van der Waals surface area contributed by atoms with Crippen molar-refractivity contribution >= 4 is 11.9 Å². The van der Waals surface area contributed by atoms with E-state index < -0.39 is 0 Å². The summed E-state index contributed by atoms with van der Waals surface area (Å²) in [6.45, 7) is 11.1. The van der Waals surface area contributed by atoms with Gasteiger partial charge in [-0.05, 0) is 48.6 Å². The van der Waals surface area contributed by atoms with Crippen LogP contribution in [0.25, 0.3) is 11.3 Å². The van der Waals surface area contributed by atoms with Crippen LogP contribution < -0.4 is 10.1 Å². The number of amides is 1. The van der Waals surface area contributed by atoms with Crippen LogP contribution >= 0.6 is 0 Å². The molecule has 0 aliphatic heterocycles. The summed E-state index contributed by atoms with van der Waals surface area (Å²) in [6, 6.07) is 17.5. The fourth-order valence-corrected chi connectivity index (χ4v) is 3.51. The third kappa shape index (κ3) is 6.94. The molecule has 0 aliphatic rings. The van der Waals surface area contributed by atoms with Crippen LogP contribution in [0.4, 0.5) is 0 Å². The SMILES string of the molecule is CCOC(=O)C(C)COc1ccc(CNC(=O)c2cc(-c3ccc(C(C)(C)C)cc3)nn2C)cc1. The molecule has 1 atom stereocenters. The average Bonchev–Trinajstić information content (AvgIpc) is 3.23. The maximum Gasteiger partial charge on any atom is 0.312 e. The zero-order valence-corrected chi connectivity index (χ0v) is 21.4. The number of aryl methyl sites for hydroxylation is 1. The Labute approximate surface area is 207 Å². The lowest BCUT2D eigenvalue weighted by molar-refractivity contribution is -0.148. The lowest BCUT2D eigenvalue weighted by atomic mass is 9.86. The van der Waals surface area contributed by atoms with Gasteiger partial charge in [0.25, 0.3) is 5.91 Å². The van der Waals surface area contributed by atoms with E-state index >= 15 is 0 Å². The van der Waals surface area contributed by atoms with Gasteiger partial charge >= 0.3 is 5.97 Å². The van der Waals surface area contributed by atoms with Crippen LogP contribution in [0.1, 0.15) is 56.2 Å². The van der Waals surface area contributed by atoms with Crippen molar-refractivity contribution in [2.24, 2.45) is 13.0 Å². The Kier molecular flexibility index (Phi) is 8.33. The van der Waals surface area contributed by atoms with Crippen molar-refractivity contribution in [2.75, 3.05) is 13.2 Å². The third-order valence-corrected chi connectivity index (χ3v) is 5.72. The maximum absolute atomic E-state index is 12.8. The van der Waals surface area contributed by atoms with Gasteiger partial charge in [0, 0.05) is 19.2 Å². The summed E-state index contributed by atoms with van der Waals surface area (Å²) in [5.41, 5.74) is 4.49. The zero-order chi connectivity index (χ0) is 25.6. The molecule has 7 nitrogen and oxygen atoms in total. The highest BCUT2D eigenvalue weighted by Crippen LogP contribution is 2.26. The molecule has 0 radical (unpaired) electrons. The van der Waals surface area contributed by atoms with Gasteiger partial charge in [0.15, 0.2) is 0 Å². The van der Waals surface area contributed by atoms with Gasteiger partial charge in [-0.3, -0.25) is 14.3 Å². The molecule has 186 valence electrons. The molecular formula is C28H35N3O4. The van der Waals surface area contributed by atoms with Gasteiger partial charge < -0.3 is 14.8 Å². The Morgan fingerprint density at radius 3 is 2.31 bits per heavy atom. The molecule has 0 spiro atoms. The third-order valence-electron chi connectivity index (χ3n) is 5.72. The Bertz CT molecular complexity index is 1140. The van der Waals surface area contributed by atoms with Crippen LogP contribution in [-0.2, 0) is 28.5 Å². The molecule has 1 N–H and O–H groups in total. The fourth-order valence-electron chi connectivity index (χ4n) is 3.51. The van der Waals surface area contributed by atoms with E-state index in [-0.39, 0.29) is 29.8 Å². The topological polar surface area (TPSA) is 82.4 Å². The smallest absolute Gasteiger partial charge is 0.312 e. The molecule has 0 saturated carbocycles. The van der Waals surface area contributed by atoms with E-state index in [2.05, 4.69) is 43.3 Å². The summed E-state index contributed by atoms with van der Waals surface area (Å²) in [6.07, 6.45) is 0. The van der Waals surface area contributed by atoms with Crippen molar-refractivity contribution < 1.29 is 19.1 Å². The minimum Gasteiger partial charge on any atom is -0.493 e. The highest BCUT2D eigenvalue weighted by molar-refractivity contribution is 5.93. The monoisotopic (exact) mass is 477 g/mol. The molecular weight excluding hydrogens is 442 g/mol. The van der Waals surface area contributed by atoms with Crippen molar-refractivity contribution in [1.29, 1.82) is 0 Å². The predicted molar refractivity (Wildman–Crippen MR) is 136 cm³/mol. The summed E-state index contributed by atoms with van der Waals surface area (Å²) < 4.78 is 12.3. The predicted octanol–water partition coefficient (Wildman–Crippen LogP) is 4.89. The largest absolute Gasteiger partial charge is 0.493 e. The first-order valence-corrected chi connectivity index (χ1v) is 11.9. The van der Waals surface area contributed by atoms with E-state index in [1.165, 1.54) is 5.56 Å². The molecule has 0 aliphatic carbocycles. The number of hydrogen-bond acceptors (Lipinski definition) is 5. The van der Waals surface area contributed by atoms with Crippen molar-refractivity contribution in [3.63, 3.8) is 0 Å². The number of hydrogen-bond donors (Lipinski definition) is 1. The Morgan fingerprint density at radius 1 is 1.06 bits per heavy atom. The van der Waals surface area contributed by atoms with E-state index in [0.717, 1.165) is 16.8 Å². The average molecular weight is 478 g/mol. The molecule has 1 unspecified atom stereocenters. The van der Waals surface area contributed by atoms with E-state index in [0.29, 0.717) is 24.6 Å². The first-order valence-electron chi connectivity index (χ1n) is 11.9. The molecule has 0 bridgehead atoms. The highest BCUT2D eigenvalue weighted by atomic mass is 16.5. The Hall–Kier alpha value is -3.61. The second-order valence-electron chi connectivity index (χ2n) is 9.66. The summed E-state index contributed by atoms with van der Waals surface area (Å²) >= 11 is 0. The summed E-state index contributed by atoms with van der Waals surface area (Å²) in [4.78, 5) is 24.5. The van der Waals surface area contributed by atoms with E-state index in [1.807, 2.05) is 42.5 Å². The summed E-state index contributed by atoms with van der Waals surface area (Å²) in [5.74, 6) is -0.146. The van der Waals surface area contributed by atoms with Gasteiger partial charge in [0.2, 0.25) is 0 Å². The van der Waals surface area contributed by atoms with E-state index in [4.69, 9.17) is 9.47 Å². The zero-order valence-electron chi connectivity index (χ0n) is 21.4. The maximum atomic E-state index is 12.8. The second-order valence-corrected chi connectivity index (χ2v) is 9.66. The quantitative estimate of drug-likeness (QED) is 0.444. The first kappa shape index (κ1) is 26.0. The van der Waals surface area contributed by atoms with Crippen LogP contribution in [0.5, 0.6) is 5.75 Å². The van der Waals surface area contributed by atoms with E-state index in [1.54, 1.807) is 25.6 Å². The molecule has 2 aromatic carbocycles. The van der Waals surface area contributed by atoms with Crippen molar-refractivity contribution in [3.8, 4) is 17.0 Å². The lowest BCUT2D eigenvalue weighted by Gasteiger charge is -2.18. The first-order chi connectivity index (χ1) is 16.6. The van der Waals surface area contributed by atoms with Crippen molar-refractivity contribution in [2.45, 2.75) is 46.6 Å². The molecule has 35 heavy (non-hydrogen) atoms. The number of nitrogens with one attached hydrogen (secondary N) is 1. The molecule has 1 heterocycles. The summed E-state index contributed by atoms with van der Waals surface area (Å²) in [5, 5.41) is 7.47. The molecule has 7 heteroatoms. The number of rotatable bonds is 9. The number of nitrogens with zero attached hydrogens (tertiary/aromatic N) is 2. The van der Waals surface area contributed by atoms with Gasteiger partial charge in [-0.15, -0.1) is 0 Å². The second kappa shape index (κ2) is 11.2. The van der Waals surface area contributed by atoms with Crippen LogP contribution in [0, 0.1) is 5.92 Å². The van der Waals surface area contributed by atoms with Gasteiger partial charge in [-0.1, -0.05) is 57.2 Å². The number of carbonyl (C=O) groups excluding carboxylic acids is 2. The number of benzene rings is 2. The number of carbonyl (C=O) groups is 2. The molecule has 0 fully saturated rings. The Balaban J connectivity index is 1.56. The van der Waals surface area contributed by atoms with Gasteiger partial charge in [-0.25, -0.2) is 0 Å². The molecule has 3 rings (SSSR count). The lowest BCUT2D eigenvalue weighted by Crippen LogP contribution is -2.25. The van der Waals surface area contributed by atoms with Crippen LogP contribution in [0.2, 0.25) is 0 Å². The minimum atomic E-state index is -0.339. The number of ether oxygens (including phenoxy) is 2. The molecule has 0 saturated heterocycles. The van der Waals surface area contributed by atoms with Crippen LogP contribution in [0.3, 0.4) is 0 Å². The molecule has 3 aromatic rings. The molecule has 1 amide bonds. The van der Waals surface area contributed by atoms with Crippen molar-refractivity contribution in [1.82, 2.24) is 15.1 Å². The van der Waals surface area contributed by atoms with Gasteiger partial charge in [0.05, 0.1) is 18.2 Å². The highest BCUT2D eigenvalue weighted by Gasteiger charge is 2.17. The van der Waals surface area contributed by atoms with Crippen molar-refractivity contribution in [3.05, 3.63) is 71.4 Å². The molecule has 1 aromatic heterocycles. The minimum absolute atomic E-state index is 0.0824. The number of esters is 1. The van der Waals surface area contributed by atoms with Crippen LogP contribution in [-0.4, -0.2) is 34.9 Å². The van der Waals surface area contributed by atoms with Gasteiger partial charge in [0.1, 0.15) is 18.1 Å². The van der Waals surface area contributed by atoms with Crippen LogP contribution in [0.15, 0.2) is 54.6 Å². The standard InChI is InChI=1S/C28H35N3O4/c1-7-34-27(33)19(2)18-35-23-14-8-20(9-15-23)17-29-26(32)25-16-24(30-31(25)6)21-10-12-22(13-11-21)28(3,4)5/h8-16,19H,7,17-18H2,1-6H3,(H,29,32). The summed E-state index contributed by atoms with van der Waals surface area (Å²) in [7, 11) is 1.77. The Morgan fingerprint density at radius 2 is 1.71 bits per heavy atom. The fraction of sp³-hybridized carbons (Fsp3) is 0.393. The van der Waals surface area contributed by atoms with Gasteiger partial charge in [-0.2, -0.15) is 5.10 Å².